The minimum Gasteiger partial charge on any atom is -0.302 e. The second-order valence-electron chi connectivity index (χ2n) is 3.74. The molecule has 0 saturated carbocycles. The lowest BCUT2D eigenvalue weighted by Crippen LogP contribution is -2.22. The quantitative estimate of drug-likeness (QED) is 0.589. The third-order valence-corrected chi connectivity index (χ3v) is 2.52. The molecule has 1 aromatic heterocycles. The largest absolute Gasteiger partial charge is 0.328 e. The molecule has 17 heavy (non-hydrogen) atoms. The van der Waals surface area contributed by atoms with Gasteiger partial charge in [-0.2, -0.15) is 0 Å². The zero-order chi connectivity index (χ0) is 12.4. The van der Waals surface area contributed by atoms with Gasteiger partial charge in [-0.1, -0.05) is 12.1 Å². The van der Waals surface area contributed by atoms with Gasteiger partial charge in [-0.05, 0) is 5.56 Å². The number of non-ortho nitro benzene ring substituents is 1. The van der Waals surface area contributed by atoms with E-state index in [2.05, 4.69) is 0 Å². The normalized spacial score (nSPS) is 10.4. The van der Waals surface area contributed by atoms with Crippen molar-refractivity contribution < 1.29 is 4.92 Å². The average Bonchev–Trinajstić information content (AvgIpc) is 2.62. The van der Waals surface area contributed by atoms with Crippen molar-refractivity contribution >= 4 is 5.69 Å². The first-order valence-corrected chi connectivity index (χ1v) is 5.03. The van der Waals surface area contributed by atoms with E-state index in [1.54, 1.807) is 36.1 Å². The van der Waals surface area contributed by atoms with Crippen molar-refractivity contribution in [3.05, 3.63) is 62.8 Å². The standard InChI is InChI=1S/C11H11N3O3/c1-12-6-7-13(11(12)15)8-9-2-4-10(5-3-9)14(16)17/h2-7H,8H2,1H3. The van der Waals surface area contributed by atoms with Crippen molar-refractivity contribution in [3.8, 4) is 0 Å². The molecule has 0 radical (unpaired) electrons. The highest BCUT2D eigenvalue weighted by atomic mass is 16.6. The van der Waals surface area contributed by atoms with E-state index < -0.39 is 4.92 Å². The Balaban J connectivity index is 2.22. The lowest BCUT2D eigenvalue weighted by molar-refractivity contribution is -0.384. The number of aryl methyl sites for hydroxylation is 1. The van der Waals surface area contributed by atoms with Crippen LogP contribution < -0.4 is 5.69 Å². The summed E-state index contributed by atoms with van der Waals surface area (Å²) in [5, 5.41) is 10.5. The van der Waals surface area contributed by atoms with E-state index >= 15 is 0 Å². The van der Waals surface area contributed by atoms with E-state index in [1.165, 1.54) is 16.7 Å². The highest BCUT2D eigenvalue weighted by molar-refractivity contribution is 5.32. The van der Waals surface area contributed by atoms with E-state index in [-0.39, 0.29) is 11.4 Å². The van der Waals surface area contributed by atoms with Gasteiger partial charge >= 0.3 is 5.69 Å². The molecule has 0 amide bonds. The number of imidazole rings is 1. The van der Waals surface area contributed by atoms with Crippen LogP contribution in [-0.4, -0.2) is 14.1 Å². The molecule has 1 aromatic carbocycles. The molecular formula is C11H11N3O3. The lowest BCUT2D eigenvalue weighted by atomic mass is 10.2. The molecule has 0 unspecified atom stereocenters. The molecule has 1 heterocycles. The van der Waals surface area contributed by atoms with Gasteiger partial charge in [0.25, 0.3) is 5.69 Å². The fraction of sp³-hybridized carbons (Fsp3) is 0.182. The van der Waals surface area contributed by atoms with Gasteiger partial charge in [0.05, 0.1) is 11.5 Å². The van der Waals surface area contributed by atoms with Crippen LogP contribution in [0.2, 0.25) is 0 Å². The van der Waals surface area contributed by atoms with Crippen LogP contribution in [0.3, 0.4) is 0 Å². The predicted octanol–water partition coefficient (Wildman–Crippen LogP) is 1.14. The molecule has 0 aliphatic rings. The number of hydrogen-bond acceptors (Lipinski definition) is 3. The van der Waals surface area contributed by atoms with Crippen molar-refractivity contribution in [2.24, 2.45) is 7.05 Å². The van der Waals surface area contributed by atoms with Crippen LogP contribution in [0.5, 0.6) is 0 Å². The number of nitro benzene ring substituents is 1. The number of rotatable bonds is 3. The maximum atomic E-state index is 11.6. The number of nitrogens with zero attached hydrogens (tertiary/aromatic N) is 3. The first kappa shape index (κ1) is 11.1. The van der Waals surface area contributed by atoms with Crippen LogP contribution in [0.4, 0.5) is 5.69 Å². The van der Waals surface area contributed by atoms with Gasteiger partial charge in [0.1, 0.15) is 0 Å². The van der Waals surface area contributed by atoms with E-state index in [4.69, 9.17) is 0 Å². The van der Waals surface area contributed by atoms with Crippen molar-refractivity contribution in [2.45, 2.75) is 6.54 Å². The molecule has 0 spiro atoms. The Morgan fingerprint density at radius 3 is 2.35 bits per heavy atom. The Morgan fingerprint density at radius 2 is 1.88 bits per heavy atom. The highest BCUT2D eigenvalue weighted by Crippen LogP contribution is 2.12. The molecule has 2 aromatic rings. The van der Waals surface area contributed by atoms with Crippen molar-refractivity contribution in [2.75, 3.05) is 0 Å². The molecule has 88 valence electrons. The molecule has 0 aliphatic carbocycles. The van der Waals surface area contributed by atoms with Crippen molar-refractivity contribution in [1.82, 2.24) is 9.13 Å². The average molecular weight is 233 g/mol. The molecular weight excluding hydrogens is 222 g/mol. The van der Waals surface area contributed by atoms with Crippen LogP contribution >= 0.6 is 0 Å². The Labute approximate surface area is 96.9 Å². The maximum absolute atomic E-state index is 11.6. The van der Waals surface area contributed by atoms with Crippen molar-refractivity contribution in [3.63, 3.8) is 0 Å². The zero-order valence-corrected chi connectivity index (χ0v) is 9.24. The van der Waals surface area contributed by atoms with Gasteiger partial charge < -0.3 is 4.57 Å². The van der Waals surface area contributed by atoms with E-state index in [0.29, 0.717) is 6.54 Å². The number of nitro groups is 1. The highest BCUT2D eigenvalue weighted by Gasteiger charge is 2.05. The molecule has 6 heteroatoms. The summed E-state index contributed by atoms with van der Waals surface area (Å²) in [7, 11) is 1.68. The zero-order valence-electron chi connectivity index (χ0n) is 9.24. The van der Waals surface area contributed by atoms with E-state index in [0.717, 1.165) is 5.56 Å². The Morgan fingerprint density at radius 1 is 1.24 bits per heavy atom. The molecule has 0 aliphatic heterocycles. The second-order valence-corrected chi connectivity index (χ2v) is 3.74. The monoisotopic (exact) mass is 233 g/mol. The predicted molar refractivity (Wildman–Crippen MR) is 61.9 cm³/mol. The summed E-state index contributed by atoms with van der Waals surface area (Å²) < 4.78 is 3.02. The fourth-order valence-corrected chi connectivity index (χ4v) is 1.55. The summed E-state index contributed by atoms with van der Waals surface area (Å²) in [6.07, 6.45) is 3.36. The Kier molecular flexibility index (Phi) is 2.78. The molecule has 0 atom stereocenters. The maximum Gasteiger partial charge on any atom is 0.328 e. The van der Waals surface area contributed by atoms with Crippen LogP contribution in [0, 0.1) is 10.1 Å². The van der Waals surface area contributed by atoms with Crippen molar-refractivity contribution in [1.29, 1.82) is 0 Å². The van der Waals surface area contributed by atoms with Crippen LogP contribution in [0.25, 0.3) is 0 Å². The van der Waals surface area contributed by atoms with Gasteiger partial charge in [0.15, 0.2) is 0 Å². The van der Waals surface area contributed by atoms with Gasteiger partial charge in [-0.3, -0.25) is 14.7 Å². The van der Waals surface area contributed by atoms with Crippen LogP contribution in [0.1, 0.15) is 5.56 Å². The van der Waals surface area contributed by atoms with Gasteiger partial charge in [0, 0.05) is 31.6 Å². The molecule has 0 bridgehead atoms. The van der Waals surface area contributed by atoms with Gasteiger partial charge in [-0.25, -0.2) is 4.79 Å². The van der Waals surface area contributed by atoms with Crippen LogP contribution in [0.15, 0.2) is 41.5 Å². The summed E-state index contributed by atoms with van der Waals surface area (Å²) in [5.74, 6) is 0. The third kappa shape index (κ3) is 2.25. The topological polar surface area (TPSA) is 70.1 Å². The lowest BCUT2D eigenvalue weighted by Gasteiger charge is -2.01. The third-order valence-electron chi connectivity index (χ3n) is 2.52. The Bertz CT molecular complexity index is 595. The van der Waals surface area contributed by atoms with Gasteiger partial charge in [-0.15, -0.1) is 0 Å². The minimum absolute atomic E-state index is 0.0501. The van der Waals surface area contributed by atoms with E-state index in [9.17, 15) is 14.9 Å². The summed E-state index contributed by atoms with van der Waals surface area (Å²) in [4.78, 5) is 21.6. The molecule has 0 N–H and O–H groups in total. The molecule has 0 fully saturated rings. The first-order chi connectivity index (χ1) is 8.08. The second kappa shape index (κ2) is 4.25. The van der Waals surface area contributed by atoms with Gasteiger partial charge in [0.2, 0.25) is 0 Å². The Hall–Kier alpha value is -2.37. The number of hydrogen-bond donors (Lipinski definition) is 0. The number of benzene rings is 1. The SMILES string of the molecule is Cn1ccn(Cc2ccc([N+](=O)[O-])cc2)c1=O. The molecule has 0 saturated heterocycles. The minimum atomic E-state index is -0.446. The molecule has 6 nitrogen and oxygen atoms in total. The molecule has 2 rings (SSSR count). The first-order valence-electron chi connectivity index (χ1n) is 5.03. The van der Waals surface area contributed by atoms with E-state index in [1.807, 2.05) is 0 Å². The van der Waals surface area contributed by atoms with Crippen LogP contribution in [-0.2, 0) is 13.6 Å². The number of aromatic nitrogens is 2. The summed E-state index contributed by atoms with van der Waals surface area (Å²) >= 11 is 0. The summed E-state index contributed by atoms with van der Waals surface area (Å²) in [5.41, 5.74) is 0.793. The fourth-order valence-electron chi connectivity index (χ4n) is 1.55. The summed E-state index contributed by atoms with van der Waals surface area (Å²) in [6.45, 7) is 0.414. The smallest absolute Gasteiger partial charge is 0.302 e. The summed E-state index contributed by atoms with van der Waals surface area (Å²) in [6, 6.07) is 6.17.